The molecule has 0 aromatic heterocycles. The van der Waals surface area contributed by atoms with Crippen LogP contribution in [0.15, 0.2) is 12.1 Å². The van der Waals surface area contributed by atoms with Crippen molar-refractivity contribution < 1.29 is 0 Å². The molecule has 2 aliphatic rings. The van der Waals surface area contributed by atoms with E-state index in [0.29, 0.717) is 5.25 Å². The summed E-state index contributed by atoms with van der Waals surface area (Å²) in [6.07, 6.45) is 3.53. The van der Waals surface area contributed by atoms with Crippen LogP contribution < -0.4 is 0 Å². The molecule has 0 saturated carbocycles. The number of thioether (sulfide) groups is 1. The Hall–Kier alpha value is -0.430. The van der Waals surface area contributed by atoms with E-state index in [0.717, 1.165) is 11.8 Å². The summed E-state index contributed by atoms with van der Waals surface area (Å²) in [6, 6.07) is 4.71. The second-order valence-electron chi connectivity index (χ2n) is 5.06. The highest BCUT2D eigenvalue weighted by molar-refractivity contribution is 7.98. The molecule has 0 amide bonds. The molecule has 1 heteroatoms. The average molecular weight is 234 g/mol. The molecule has 0 aliphatic heterocycles. The monoisotopic (exact) mass is 234 g/mol. The Bertz CT molecular complexity index is 395. The summed E-state index contributed by atoms with van der Waals surface area (Å²) < 4.78 is 0. The normalized spacial score (nSPS) is 24.8. The minimum atomic E-state index is 0.693. The maximum Gasteiger partial charge on any atom is 0.0368 e. The Balaban J connectivity index is 2.52. The van der Waals surface area contributed by atoms with Gasteiger partial charge in [0.25, 0.3) is 0 Å². The first-order chi connectivity index (χ1) is 7.61. The molecule has 0 radical (unpaired) electrons. The summed E-state index contributed by atoms with van der Waals surface area (Å²) in [5, 5.41) is 0.693. The van der Waals surface area contributed by atoms with Gasteiger partial charge in [0.05, 0.1) is 0 Å². The van der Waals surface area contributed by atoms with Crippen molar-refractivity contribution in [2.45, 2.75) is 45.3 Å². The van der Waals surface area contributed by atoms with E-state index < -0.39 is 0 Å². The molecule has 0 N–H and O–H groups in total. The van der Waals surface area contributed by atoms with Crippen LogP contribution in [-0.2, 0) is 0 Å². The minimum absolute atomic E-state index is 0.693. The number of hydrogen-bond donors (Lipinski definition) is 0. The highest BCUT2D eigenvalue weighted by Crippen LogP contribution is 2.52. The number of hydrogen-bond acceptors (Lipinski definition) is 1. The van der Waals surface area contributed by atoms with Crippen LogP contribution in [0.4, 0.5) is 0 Å². The first kappa shape index (κ1) is 12.0. The Kier molecular flexibility index (Phi) is 3.34. The fraction of sp³-hybridized carbons (Fsp3) is 0.600. The van der Waals surface area contributed by atoms with E-state index in [1.54, 1.807) is 11.1 Å². The third-order valence-corrected chi connectivity index (χ3v) is 5.43. The maximum atomic E-state index is 2.40. The van der Waals surface area contributed by atoms with Crippen molar-refractivity contribution in [3.8, 4) is 0 Å². The predicted molar refractivity (Wildman–Crippen MR) is 74.4 cm³/mol. The third-order valence-electron chi connectivity index (χ3n) is 4.37. The van der Waals surface area contributed by atoms with E-state index in [1.807, 2.05) is 11.8 Å². The second kappa shape index (κ2) is 4.44. The van der Waals surface area contributed by atoms with Gasteiger partial charge in [-0.3, -0.25) is 0 Å². The third kappa shape index (κ3) is 1.60. The summed E-state index contributed by atoms with van der Waals surface area (Å²) in [5.41, 5.74) is 6.23. The zero-order chi connectivity index (χ0) is 11.9. The lowest BCUT2D eigenvalue weighted by atomic mass is 9.72. The Labute approximate surface area is 104 Å². The fourth-order valence-electron chi connectivity index (χ4n) is 3.02. The van der Waals surface area contributed by atoms with Gasteiger partial charge in [-0.25, -0.2) is 0 Å². The van der Waals surface area contributed by atoms with Crippen molar-refractivity contribution >= 4 is 11.8 Å². The van der Waals surface area contributed by atoms with Crippen molar-refractivity contribution in [3.05, 3.63) is 34.4 Å². The molecular weight excluding hydrogens is 212 g/mol. The van der Waals surface area contributed by atoms with Gasteiger partial charge in [-0.2, -0.15) is 11.8 Å². The van der Waals surface area contributed by atoms with Gasteiger partial charge in [0.2, 0.25) is 0 Å². The summed E-state index contributed by atoms with van der Waals surface area (Å²) in [7, 11) is 0. The van der Waals surface area contributed by atoms with Crippen LogP contribution in [0.2, 0.25) is 0 Å². The van der Waals surface area contributed by atoms with Crippen LogP contribution in [0.1, 0.15) is 53.7 Å². The van der Waals surface area contributed by atoms with Gasteiger partial charge in [0.1, 0.15) is 0 Å². The van der Waals surface area contributed by atoms with Crippen LogP contribution in [-0.4, -0.2) is 6.26 Å². The summed E-state index contributed by atoms with van der Waals surface area (Å²) in [6.45, 7) is 9.29. The molecule has 1 aromatic carbocycles. The Morgan fingerprint density at radius 1 is 1.19 bits per heavy atom. The molecule has 0 spiro atoms. The summed E-state index contributed by atoms with van der Waals surface area (Å²) in [5.74, 6) is 1.53. The first-order valence-electron chi connectivity index (χ1n) is 6.24. The highest BCUT2D eigenvalue weighted by atomic mass is 32.2. The Morgan fingerprint density at radius 3 is 2.31 bits per heavy atom. The molecule has 0 saturated heterocycles. The van der Waals surface area contributed by atoms with Crippen molar-refractivity contribution in [2.24, 2.45) is 5.92 Å². The van der Waals surface area contributed by atoms with Crippen LogP contribution >= 0.6 is 11.8 Å². The van der Waals surface area contributed by atoms with Gasteiger partial charge < -0.3 is 0 Å². The van der Waals surface area contributed by atoms with E-state index in [2.05, 4.69) is 46.1 Å². The van der Waals surface area contributed by atoms with Crippen molar-refractivity contribution in [2.75, 3.05) is 6.26 Å². The zero-order valence-corrected chi connectivity index (χ0v) is 11.8. The molecule has 3 rings (SSSR count). The minimum Gasteiger partial charge on any atom is -0.157 e. The Morgan fingerprint density at radius 2 is 1.75 bits per heavy atom. The smallest absolute Gasteiger partial charge is 0.0368 e. The van der Waals surface area contributed by atoms with E-state index >= 15 is 0 Å². The van der Waals surface area contributed by atoms with Gasteiger partial charge >= 0.3 is 0 Å². The lowest BCUT2D eigenvalue weighted by molar-refractivity contribution is 0.427. The molecule has 2 aliphatic carbocycles. The molecule has 3 atom stereocenters. The van der Waals surface area contributed by atoms with Crippen molar-refractivity contribution in [1.29, 1.82) is 0 Å². The topological polar surface area (TPSA) is 0 Å². The van der Waals surface area contributed by atoms with Crippen LogP contribution in [0, 0.1) is 19.8 Å². The molecule has 1 aromatic rings. The molecule has 3 unspecified atom stereocenters. The number of fused-ring (bicyclic) bond motifs is 3. The molecule has 2 bridgehead atoms. The zero-order valence-electron chi connectivity index (χ0n) is 11.0. The van der Waals surface area contributed by atoms with E-state index in [9.17, 15) is 0 Å². The predicted octanol–water partition coefficient (Wildman–Crippen LogP) is 4.85. The molecular formula is C15H22S. The van der Waals surface area contributed by atoms with Gasteiger partial charge in [-0.15, -0.1) is 0 Å². The van der Waals surface area contributed by atoms with Crippen LogP contribution in [0.5, 0.6) is 0 Å². The molecule has 0 heterocycles. The lowest BCUT2D eigenvalue weighted by Crippen LogP contribution is -2.23. The quantitative estimate of drug-likeness (QED) is 0.720. The maximum absolute atomic E-state index is 2.40. The first-order valence-corrected chi connectivity index (χ1v) is 7.53. The van der Waals surface area contributed by atoms with Gasteiger partial charge in [0, 0.05) is 11.2 Å². The van der Waals surface area contributed by atoms with Crippen molar-refractivity contribution in [3.63, 3.8) is 0 Å². The van der Waals surface area contributed by atoms with Crippen LogP contribution in [0.3, 0.4) is 0 Å². The van der Waals surface area contributed by atoms with Crippen LogP contribution in [0.25, 0.3) is 0 Å². The van der Waals surface area contributed by atoms with Gasteiger partial charge in [-0.05, 0) is 48.3 Å². The van der Waals surface area contributed by atoms with Gasteiger partial charge in [-0.1, -0.05) is 32.4 Å². The largest absolute Gasteiger partial charge is 0.157 e. The number of benzene rings is 1. The fourth-order valence-corrected chi connectivity index (χ4v) is 4.24. The van der Waals surface area contributed by atoms with Gasteiger partial charge in [0.15, 0.2) is 0 Å². The van der Waals surface area contributed by atoms with E-state index in [4.69, 9.17) is 0 Å². The molecule has 88 valence electrons. The number of rotatable bonds is 3. The van der Waals surface area contributed by atoms with E-state index in [1.165, 1.54) is 17.5 Å². The average Bonchev–Trinajstić information content (AvgIpc) is 2.32. The van der Waals surface area contributed by atoms with E-state index in [-0.39, 0.29) is 0 Å². The molecule has 0 fully saturated rings. The summed E-state index contributed by atoms with van der Waals surface area (Å²) >= 11 is 2.02. The SMILES string of the molecule is CCC(C)C1c2ccc(c(C)c2C)C1SC. The molecule has 16 heavy (non-hydrogen) atoms. The lowest BCUT2D eigenvalue weighted by Gasteiger charge is -2.39. The molecule has 0 nitrogen and oxygen atoms in total. The standard InChI is InChI=1S/C15H22S/c1-6-9(2)14-12-7-8-13(15(14)16-5)11(4)10(12)3/h7-9,14-15H,6H2,1-5H3. The highest BCUT2D eigenvalue weighted by Gasteiger charge is 2.35. The second-order valence-corrected chi connectivity index (χ2v) is 6.04. The van der Waals surface area contributed by atoms with Crippen molar-refractivity contribution in [1.82, 2.24) is 0 Å². The summed E-state index contributed by atoms with van der Waals surface area (Å²) in [4.78, 5) is 0.